The maximum Gasteiger partial charge on any atom is 0.257 e. The molecular formula is C21H23FN2O3. The molecule has 1 fully saturated rings. The summed E-state index contributed by atoms with van der Waals surface area (Å²) in [6, 6.07) is 8.35. The molecule has 1 saturated heterocycles. The quantitative estimate of drug-likeness (QED) is 0.829. The molecule has 27 heavy (non-hydrogen) atoms. The van der Waals surface area contributed by atoms with Gasteiger partial charge in [0.1, 0.15) is 17.8 Å². The molecule has 2 aliphatic heterocycles. The Bertz CT molecular complexity index is 822. The fraction of sp³-hybridized carbons (Fsp3) is 0.381. The van der Waals surface area contributed by atoms with Crippen molar-refractivity contribution < 1.29 is 18.3 Å². The van der Waals surface area contributed by atoms with Gasteiger partial charge in [-0.3, -0.25) is 9.69 Å². The molecule has 0 spiro atoms. The molecule has 3 heterocycles. The molecule has 5 nitrogen and oxygen atoms in total. The highest BCUT2D eigenvalue weighted by Gasteiger charge is 2.22. The van der Waals surface area contributed by atoms with Crippen LogP contribution in [0.15, 0.2) is 47.1 Å². The van der Waals surface area contributed by atoms with E-state index in [1.807, 2.05) is 17.0 Å². The molecule has 0 unspecified atom stereocenters. The van der Waals surface area contributed by atoms with Crippen molar-refractivity contribution in [3.8, 4) is 0 Å². The van der Waals surface area contributed by atoms with Crippen molar-refractivity contribution in [2.75, 3.05) is 39.4 Å². The summed E-state index contributed by atoms with van der Waals surface area (Å²) in [6.07, 6.45) is 4.36. The first kappa shape index (κ1) is 17.9. The number of hydrogen-bond donors (Lipinski definition) is 0. The minimum Gasteiger partial charge on any atom is -0.467 e. The number of carbonyl (C=O) groups is 1. The average molecular weight is 370 g/mol. The SMILES string of the molecule is O=C(c1coc(CN2CCOCC2)c1)N1CC=C(c2ccc(F)cc2)CC1. The third-order valence-electron chi connectivity index (χ3n) is 5.10. The molecule has 4 rings (SSSR count). The van der Waals surface area contributed by atoms with Gasteiger partial charge < -0.3 is 14.1 Å². The summed E-state index contributed by atoms with van der Waals surface area (Å²) in [5.41, 5.74) is 2.76. The molecule has 0 saturated carbocycles. The molecule has 142 valence electrons. The summed E-state index contributed by atoms with van der Waals surface area (Å²) >= 11 is 0. The third kappa shape index (κ3) is 4.28. The van der Waals surface area contributed by atoms with Gasteiger partial charge >= 0.3 is 0 Å². The summed E-state index contributed by atoms with van der Waals surface area (Å²) in [7, 11) is 0. The van der Waals surface area contributed by atoms with Crippen LogP contribution < -0.4 is 0 Å². The van der Waals surface area contributed by atoms with E-state index in [4.69, 9.17) is 9.15 Å². The second-order valence-corrected chi connectivity index (χ2v) is 6.93. The molecule has 1 aromatic carbocycles. The van der Waals surface area contributed by atoms with Crippen LogP contribution in [0.2, 0.25) is 0 Å². The van der Waals surface area contributed by atoms with Gasteiger partial charge in [0.25, 0.3) is 5.91 Å². The van der Waals surface area contributed by atoms with Crippen LogP contribution in [0, 0.1) is 5.82 Å². The lowest BCUT2D eigenvalue weighted by Crippen LogP contribution is -2.35. The summed E-state index contributed by atoms with van der Waals surface area (Å²) in [5.74, 6) is 0.556. The number of amides is 1. The summed E-state index contributed by atoms with van der Waals surface area (Å²) in [5, 5.41) is 0. The van der Waals surface area contributed by atoms with Crippen LogP contribution in [0.4, 0.5) is 4.39 Å². The minimum atomic E-state index is -0.236. The zero-order valence-corrected chi connectivity index (χ0v) is 15.2. The predicted octanol–water partition coefficient (Wildman–Crippen LogP) is 3.18. The smallest absolute Gasteiger partial charge is 0.257 e. The molecule has 0 aliphatic carbocycles. The van der Waals surface area contributed by atoms with E-state index in [-0.39, 0.29) is 11.7 Å². The third-order valence-corrected chi connectivity index (χ3v) is 5.10. The highest BCUT2D eigenvalue weighted by Crippen LogP contribution is 2.24. The lowest BCUT2D eigenvalue weighted by molar-refractivity contribution is 0.0313. The summed E-state index contributed by atoms with van der Waals surface area (Å²) in [6.45, 7) is 5.14. The van der Waals surface area contributed by atoms with Crippen molar-refractivity contribution in [1.82, 2.24) is 9.80 Å². The van der Waals surface area contributed by atoms with Gasteiger partial charge in [0.15, 0.2) is 0 Å². The van der Waals surface area contributed by atoms with Crippen molar-refractivity contribution in [3.05, 3.63) is 65.4 Å². The first-order chi connectivity index (χ1) is 13.2. The fourth-order valence-electron chi connectivity index (χ4n) is 3.52. The molecule has 0 bridgehead atoms. The number of furan rings is 1. The largest absolute Gasteiger partial charge is 0.467 e. The van der Waals surface area contributed by atoms with E-state index in [9.17, 15) is 9.18 Å². The number of halogens is 1. The zero-order valence-electron chi connectivity index (χ0n) is 15.2. The maximum atomic E-state index is 13.1. The van der Waals surface area contributed by atoms with Crippen LogP contribution in [-0.2, 0) is 11.3 Å². The van der Waals surface area contributed by atoms with Gasteiger partial charge in [-0.05, 0) is 35.8 Å². The summed E-state index contributed by atoms with van der Waals surface area (Å²) in [4.78, 5) is 16.8. The van der Waals surface area contributed by atoms with E-state index in [2.05, 4.69) is 4.90 Å². The van der Waals surface area contributed by atoms with E-state index >= 15 is 0 Å². The lowest BCUT2D eigenvalue weighted by Gasteiger charge is -2.26. The van der Waals surface area contributed by atoms with Gasteiger partial charge in [-0.1, -0.05) is 18.2 Å². The fourth-order valence-corrected chi connectivity index (χ4v) is 3.52. The molecule has 2 aromatic rings. The van der Waals surface area contributed by atoms with Crippen LogP contribution in [0.3, 0.4) is 0 Å². The van der Waals surface area contributed by atoms with Gasteiger partial charge in [-0.15, -0.1) is 0 Å². The van der Waals surface area contributed by atoms with Gasteiger partial charge in [-0.25, -0.2) is 4.39 Å². The topological polar surface area (TPSA) is 45.9 Å². The number of nitrogens with zero attached hydrogens (tertiary/aromatic N) is 2. The number of carbonyl (C=O) groups excluding carboxylic acids is 1. The number of morpholine rings is 1. The standard InChI is InChI=1S/C21H23FN2O3/c22-19-3-1-16(2-4-19)17-5-7-24(8-6-17)21(25)18-13-20(27-15-18)14-23-9-11-26-12-10-23/h1-5,13,15H,6-12,14H2. The Morgan fingerprint density at radius 2 is 1.89 bits per heavy atom. The Labute approximate surface area is 158 Å². The molecule has 0 radical (unpaired) electrons. The Balaban J connectivity index is 1.37. The average Bonchev–Trinajstić information content (AvgIpc) is 3.17. The molecule has 0 atom stereocenters. The van der Waals surface area contributed by atoms with Gasteiger partial charge in [-0.2, -0.15) is 0 Å². The predicted molar refractivity (Wildman–Crippen MR) is 99.7 cm³/mol. The second kappa shape index (κ2) is 8.06. The molecule has 1 aromatic heterocycles. The monoisotopic (exact) mass is 370 g/mol. The highest BCUT2D eigenvalue weighted by atomic mass is 19.1. The second-order valence-electron chi connectivity index (χ2n) is 6.93. The van der Waals surface area contributed by atoms with Crippen LogP contribution in [0.5, 0.6) is 0 Å². The van der Waals surface area contributed by atoms with Crippen LogP contribution in [0.1, 0.15) is 28.1 Å². The van der Waals surface area contributed by atoms with Crippen LogP contribution >= 0.6 is 0 Å². The highest BCUT2D eigenvalue weighted by molar-refractivity contribution is 5.94. The normalized spacial score (nSPS) is 18.4. The molecule has 0 N–H and O–H groups in total. The maximum absolute atomic E-state index is 13.1. The Kier molecular flexibility index (Phi) is 5.36. The minimum absolute atomic E-state index is 0.0126. The van der Waals surface area contributed by atoms with Gasteiger partial charge in [0, 0.05) is 26.2 Å². The van der Waals surface area contributed by atoms with Crippen LogP contribution in [-0.4, -0.2) is 55.1 Å². The van der Waals surface area contributed by atoms with Crippen LogP contribution in [0.25, 0.3) is 5.57 Å². The van der Waals surface area contributed by atoms with Crippen molar-refractivity contribution in [2.24, 2.45) is 0 Å². The van der Waals surface area contributed by atoms with Crippen molar-refractivity contribution in [2.45, 2.75) is 13.0 Å². The molecule has 2 aliphatic rings. The van der Waals surface area contributed by atoms with Crippen molar-refractivity contribution in [3.63, 3.8) is 0 Å². The number of rotatable bonds is 4. The van der Waals surface area contributed by atoms with E-state index in [1.165, 1.54) is 12.1 Å². The number of ether oxygens (including phenoxy) is 1. The van der Waals surface area contributed by atoms with E-state index in [0.717, 1.165) is 49.6 Å². The Hall–Kier alpha value is -2.44. The van der Waals surface area contributed by atoms with Gasteiger partial charge in [0.2, 0.25) is 0 Å². The summed E-state index contributed by atoms with van der Waals surface area (Å²) < 4.78 is 24.0. The Morgan fingerprint density at radius 3 is 2.59 bits per heavy atom. The lowest BCUT2D eigenvalue weighted by atomic mass is 9.99. The van der Waals surface area contributed by atoms with Gasteiger partial charge in [0.05, 0.1) is 25.3 Å². The Morgan fingerprint density at radius 1 is 1.11 bits per heavy atom. The first-order valence-corrected chi connectivity index (χ1v) is 9.31. The molecule has 1 amide bonds. The first-order valence-electron chi connectivity index (χ1n) is 9.31. The van der Waals surface area contributed by atoms with E-state index in [1.54, 1.807) is 18.4 Å². The number of benzene rings is 1. The van der Waals surface area contributed by atoms with E-state index in [0.29, 0.717) is 25.2 Å². The van der Waals surface area contributed by atoms with Crippen molar-refractivity contribution in [1.29, 1.82) is 0 Å². The number of hydrogen-bond acceptors (Lipinski definition) is 4. The molecule has 6 heteroatoms. The van der Waals surface area contributed by atoms with Crippen molar-refractivity contribution >= 4 is 11.5 Å². The zero-order chi connectivity index (χ0) is 18.6. The molecular weight excluding hydrogens is 347 g/mol. The van der Waals surface area contributed by atoms with E-state index < -0.39 is 0 Å².